The van der Waals surface area contributed by atoms with Crippen molar-refractivity contribution in [1.82, 2.24) is 4.90 Å². The third kappa shape index (κ3) is 4.36. The van der Waals surface area contributed by atoms with Crippen molar-refractivity contribution in [3.63, 3.8) is 0 Å². The molecule has 0 heterocycles. The minimum Gasteiger partial charge on any atom is -0.493 e. The van der Waals surface area contributed by atoms with E-state index >= 15 is 0 Å². The zero-order chi connectivity index (χ0) is 12.8. The summed E-state index contributed by atoms with van der Waals surface area (Å²) in [4.78, 5) is 12.9. The van der Waals surface area contributed by atoms with Crippen molar-refractivity contribution in [1.29, 1.82) is 0 Å². The van der Waals surface area contributed by atoms with E-state index in [-0.39, 0.29) is 5.91 Å². The second-order valence-corrected chi connectivity index (χ2v) is 4.76. The Morgan fingerprint density at radius 2 is 2.18 bits per heavy atom. The first-order chi connectivity index (χ1) is 8.04. The van der Waals surface area contributed by atoms with Crippen LogP contribution in [-0.4, -0.2) is 31.5 Å². The first-order valence-corrected chi connectivity index (χ1v) is 6.15. The fourth-order valence-corrected chi connectivity index (χ4v) is 1.73. The molecule has 0 aliphatic rings. The number of ether oxygens (including phenoxy) is 1. The predicted molar refractivity (Wildman–Crippen MR) is 70.8 cm³/mol. The maximum absolute atomic E-state index is 11.4. The van der Waals surface area contributed by atoms with Gasteiger partial charge in [0.15, 0.2) is 0 Å². The third-order valence-electron chi connectivity index (χ3n) is 2.31. The lowest BCUT2D eigenvalue weighted by Gasteiger charge is -2.13. The number of hydrogen-bond acceptors (Lipinski definition) is 3. The molecule has 5 heteroatoms. The van der Waals surface area contributed by atoms with Gasteiger partial charge in [0.05, 0.1) is 13.0 Å². The number of carbonyl (C=O) groups is 1. The van der Waals surface area contributed by atoms with E-state index in [9.17, 15) is 4.79 Å². The topological polar surface area (TPSA) is 55.6 Å². The SMILES string of the molecule is CN(C)C(=O)CCOc1ccc(Br)cc1CN. The molecule has 0 spiro atoms. The average molecular weight is 301 g/mol. The number of nitrogens with two attached hydrogens (primary N) is 1. The highest BCUT2D eigenvalue weighted by Crippen LogP contribution is 2.22. The fourth-order valence-electron chi connectivity index (χ4n) is 1.32. The van der Waals surface area contributed by atoms with Crippen molar-refractivity contribution in [2.24, 2.45) is 5.73 Å². The Kier molecular flexibility index (Phi) is 5.44. The Labute approximate surface area is 110 Å². The van der Waals surface area contributed by atoms with Crippen molar-refractivity contribution < 1.29 is 9.53 Å². The molecule has 0 atom stereocenters. The summed E-state index contributed by atoms with van der Waals surface area (Å²) in [5.41, 5.74) is 6.55. The van der Waals surface area contributed by atoms with Crippen LogP contribution in [0.3, 0.4) is 0 Å². The Balaban J connectivity index is 2.54. The van der Waals surface area contributed by atoms with Crippen LogP contribution >= 0.6 is 15.9 Å². The van der Waals surface area contributed by atoms with Gasteiger partial charge in [-0.25, -0.2) is 0 Å². The average Bonchev–Trinajstić information content (AvgIpc) is 2.30. The molecule has 1 rings (SSSR count). The smallest absolute Gasteiger partial charge is 0.225 e. The van der Waals surface area contributed by atoms with Gasteiger partial charge in [-0.2, -0.15) is 0 Å². The molecule has 0 aliphatic carbocycles. The Morgan fingerprint density at radius 3 is 2.76 bits per heavy atom. The van der Waals surface area contributed by atoms with Crippen molar-refractivity contribution >= 4 is 21.8 Å². The largest absolute Gasteiger partial charge is 0.493 e. The van der Waals surface area contributed by atoms with E-state index in [0.29, 0.717) is 19.6 Å². The maximum atomic E-state index is 11.4. The molecule has 0 saturated carbocycles. The third-order valence-corrected chi connectivity index (χ3v) is 2.81. The molecule has 0 aromatic heterocycles. The van der Waals surface area contributed by atoms with Gasteiger partial charge in [0.2, 0.25) is 5.91 Å². The lowest BCUT2D eigenvalue weighted by Crippen LogP contribution is -2.23. The second kappa shape index (κ2) is 6.61. The van der Waals surface area contributed by atoms with Crippen LogP contribution in [0.5, 0.6) is 5.75 Å². The van der Waals surface area contributed by atoms with Crippen molar-refractivity contribution in [3.8, 4) is 5.75 Å². The summed E-state index contributed by atoms with van der Waals surface area (Å²) < 4.78 is 6.52. The number of halogens is 1. The van der Waals surface area contributed by atoms with Crippen molar-refractivity contribution in [2.75, 3.05) is 20.7 Å². The van der Waals surface area contributed by atoms with E-state index in [1.807, 2.05) is 18.2 Å². The van der Waals surface area contributed by atoms with E-state index in [1.54, 1.807) is 19.0 Å². The summed E-state index contributed by atoms with van der Waals surface area (Å²) in [6, 6.07) is 5.66. The molecule has 17 heavy (non-hydrogen) atoms. The molecule has 0 aliphatic heterocycles. The Bertz CT molecular complexity index is 394. The molecular formula is C12H17BrN2O2. The quantitative estimate of drug-likeness (QED) is 0.901. The normalized spacial score (nSPS) is 10.1. The van der Waals surface area contributed by atoms with Crippen molar-refractivity contribution in [3.05, 3.63) is 28.2 Å². The second-order valence-electron chi connectivity index (χ2n) is 3.84. The van der Waals surface area contributed by atoms with Crippen LogP contribution in [0.15, 0.2) is 22.7 Å². The maximum Gasteiger partial charge on any atom is 0.225 e. The van der Waals surface area contributed by atoms with Crippen LogP contribution in [0.2, 0.25) is 0 Å². The highest BCUT2D eigenvalue weighted by atomic mass is 79.9. The van der Waals surface area contributed by atoms with E-state index in [4.69, 9.17) is 10.5 Å². The number of rotatable bonds is 5. The number of benzene rings is 1. The summed E-state index contributed by atoms with van der Waals surface area (Å²) in [5, 5.41) is 0. The van der Waals surface area contributed by atoms with E-state index < -0.39 is 0 Å². The van der Waals surface area contributed by atoms with Crippen LogP contribution in [-0.2, 0) is 11.3 Å². The van der Waals surface area contributed by atoms with Crippen LogP contribution < -0.4 is 10.5 Å². The first-order valence-electron chi connectivity index (χ1n) is 5.36. The van der Waals surface area contributed by atoms with Gasteiger partial charge in [0.1, 0.15) is 5.75 Å². The van der Waals surface area contributed by atoms with Crippen LogP contribution in [0.25, 0.3) is 0 Å². The molecule has 0 radical (unpaired) electrons. The molecule has 0 fully saturated rings. The molecule has 1 aromatic carbocycles. The van der Waals surface area contributed by atoms with Crippen molar-refractivity contribution in [2.45, 2.75) is 13.0 Å². The Hall–Kier alpha value is -1.07. The van der Waals surface area contributed by atoms with E-state index in [1.165, 1.54) is 0 Å². The summed E-state index contributed by atoms with van der Waals surface area (Å²) >= 11 is 3.38. The van der Waals surface area contributed by atoms with Gasteiger partial charge >= 0.3 is 0 Å². The summed E-state index contributed by atoms with van der Waals surface area (Å²) in [7, 11) is 3.46. The molecule has 0 bridgehead atoms. The van der Waals surface area contributed by atoms with Gasteiger partial charge in [-0.15, -0.1) is 0 Å². The van der Waals surface area contributed by atoms with Gasteiger partial charge in [0.25, 0.3) is 0 Å². The van der Waals surface area contributed by atoms with Gasteiger partial charge in [-0.05, 0) is 18.2 Å². The summed E-state index contributed by atoms with van der Waals surface area (Å²) in [6.45, 7) is 0.780. The molecule has 94 valence electrons. The molecule has 4 nitrogen and oxygen atoms in total. The lowest BCUT2D eigenvalue weighted by molar-refractivity contribution is -0.129. The van der Waals surface area contributed by atoms with Gasteiger partial charge in [-0.1, -0.05) is 15.9 Å². The predicted octanol–water partition coefficient (Wildman–Crippen LogP) is 1.76. The van der Waals surface area contributed by atoms with Gasteiger partial charge in [-0.3, -0.25) is 4.79 Å². The van der Waals surface area contributed by atoms with E-state index in [2.05, 4.69) is 15.9 Å². The zero-order valence-electron chi connectivity index (χ0n) is 10.1. The molecule has 1 amide bonds. The summed E-state index contributed by atoms with van der Waals surface area (Å²) in [5.74, 6) is 0.790. The van der Waals surface area contributed by atoms with Gasteiger partial charge in [0, 0.05) is 30.7 Å². The highest BCUT2D eigenvalue weighted by Gasteiger charge is 2.06. The van der Waals surface area contributed by atoms with Crippen LogP contribution in [0, 0.1) is 0 Å². The molecule has 0 unspecified atom stereocenters. The first kappa shape index (κ1) is 14.0. The standard InChI is InChI=1S/C12H17BrN2O2/c1-15(2)12(16)5-6-17-11-4-3-10(13)7-9(11)8-14/h3-4,7H,5-6,8,14H2,1-2H3. The molecular weight excluding hydrogens is 284 g/mol. The molecule has 2 N–H and O–H groups in total. The Morgan fingerprint density at radius 1 is 1.47 bits per heavy atom. The number of carbonyl (C=O) groups excluding carboxylic acids is 1. The number of amides is 1. The van der Waals surface area contributed by atoms with Crippen LogP contribution in [0.4, 0.5) is 0 Å². The van der Waals surface area contributed by atoms with Gasteiger partial charge < -0.3 is 15.4 Å². The monoisotopic (exact) mass is 300 g/mol. The highest BCUT2D eigenvalue weighted by molar-refractivity contribution is 9.10. The zero-order valence-corrected chi connectivity index (χ0v) is 11.7. The lowest BCUT2D eigenvalue weighted by atomic mass is 10.2. The van der Waals surface area contributed by atoms with Crippen LogP contribution in [0.1, 0.15) is 12.0 Å². The molecule has 1 aromatic rings. The minimum atomic E-state index is 0.0522. The van der Waals surface area contributed by atoms with E-state index in [0.717, 1.165) is 15.8 Å². The molecule has 0 saturated heterocycles. The fraction of sp³-hybridized carbons (Fsp3) is 0.417. The number of nitrogens with zero attached hydrogens (tertiary/aromatic N) is 1. The summed E-state index contributed by atoms with van der Waals surface area (Å²) in [6.07, 6.45) is 0.368. The number of hydrogen-bond donors (Lipinski definition) is 1. The minimum absolute atomic E-state index is 0.0522.